The fourth-order valence-electron chi connectivity index (χ4n) is 1.62. The quantitative estimate of drug-likeness (QED) is 0.580. The van der Waals surface area contributed by atoms with Crippen LogP contribution >= 0.6 is 22.6 Å². The van der Waals surface area contributed by atoms with Gasteiger partial charge in [-0.05, 0) is 0 Å². The Morgan fingerprint density at radius 2 is 2.50 bits per heavy atom. The zero-order valence-electron chi connectivity index (χ0n) is 7.92. The Hall–Kier alpha value is -0.590. The van der Waals surface area contributed by atoms with E-state index in [4.69, 9.17) is 4.42 Å². The molecule has 0 saturated heterocycles. The van der Waals surface area contributed by atoms with Crippen LogP contribution in [0.4, 0.5) is 0 Å². The van der Waals surface area contributed by atoms with Crippen molar-refractivity contribution in [3.63, 3.8) is 0 Å². The van der Waals surface area contributed by atoms with E-state index < -0.39 is 0 Å². The number of fused-ring (bicyclic) bond motifs is 1. The second-order valence-corrected chi connectivity index (χ2v) is 4.06. The van der Waals surface area contributed by atoms with Crippen molar-refractivity contribution in [2.45, 2.75) is 19.9 Å². The number of aromatic nitrogens is 1. The van der Waals surface area contributed by atoms with Gasteiger partial charge in [0.15, 0.2) is 5.89 Å². The molecule has 1 aliphatic rings. The molecule has 1 aromatic rings. The molecular weight excluding hydrogens is 295 g/mol. The van der Waals surface area contributed by atoms with Crippen LogP contribution in [-0.4, -0.2) is 26.8 Å². The zero-order valence-corrected chi connectivity index (χ0v) is 10.1. The molecule has 0 aromatic carbocycles. The van der Waals surface area contributed by atoms with Gasteiger partial charge in [-0.3, -0.25) is 4.79 Å². The molecule has 0 aliphatic carbocycles. The van der Waals surface area contributed by atoms with Crippen LogP contribution in [0, 0.1) is 6.92 Å². The first-order valence-electron chi connectivity index (χ1n) is 4.49. The number of hydrogen-bond acceptors (Lipinski definition) is 3. The molecule has 1 aromatic heterocycles. The highest BCUT2D eigenvalue weighted by Gasteiger charge is 2.23. The smallest absolute Gasteiger partial charge is 0.232 e. The van der Waals surface area contributed by atoms with Gasteiger partial charge in [-0.2, -0.15) is 0 Å². The second-order valence-electron chi connectivity index (χ2n) is 3.30. The molecular formula is C9H11IN2O2. The molecule has 1 aliphatic heterocycles. The monoisotopic (exact) mass is 306 g/mol. The van der Waals surface area contributed by atoms with E-state index in [0.717, 1.165) is 24.4 Å². The van der Waals surface area contributed by atoms with Gasteiger partial charge < -0.3 is 9.32 Å². The van der Waals surface area contributed by atoms with Crippen molar-refractivity contribution >= 4 is 28.5 Å². The lowest BCUT2D eigenvalue weighted by Crippen LogP contribution is -2.36. The minimum absolute atomic E-state index is 0.172. The van der Waals surface area contributed by atoms with Crippen LogP contribution in [0.3, 0.4) is 0 Å². The number of amides is 1. The van der Waals surface area contributed by atoms with E-state index in [1.165, 1.54) is 0 Å². The van der Waals surface area contributed by atoms with Crippen molar-refractivity contribution in [1.29, 1.82) is 0 Å². The van der Waals surface area contributed by atoms with Gasteiger partial charge in [-0.15, -0.1) is 0 Å². The van der Waals surface area contributed by atoms with Gasteiger partial charge in [0.2, 0.25) is 5.91 Å². The number of carbonyl (C=O) groups excluding carboxylic acids is 1. The maximum atomic E-state index is 11.4. The minimum atomic E-state index is 0.172. The third kappa shape index (κ3) is 1.77. The maximum absolute atomic E-state index is 11.4. The van der Waals surface area contributed by atoms with Crippen molar-refractivity contribution < 1.29 is 9.21 Å². The third-order valence-electron chi connectivity index (χ3n) is 2.31. The highest BCUT2D eigenvalue weighted by atomic mass is 127. The molecule has 2 heterocycles. The van der Waals surface area contributed by atoms with Crippen molar-refractivity contribution in [3.8, 4) is 0 Å². The Morgan fingerprint density at radius 1 is 1.71 bits per heavy atom. The number of oxazole rings is 1. The third-order valence-corrected chi connectivity index (χ3v) is 2.96. The summed E-state index contributed by atoms with van der Waals surface area (Å²) in [5.74, 6) is 1.72. The molecule has 0 spiro atoms. The van der Waals surface area contributed by atoms with Crippen LogP contribution in [0.2, 0.25) is 0 Å². The van der Waals surface area contributed by atoms with Gasteiger partial charge in [0, 0.05) is 19.9 Å². The molecule has 76 valence electrons. The molecule has 4 nitrogen and oxygen atoms in total. The standard InChI is InChI=1S/C9H11IN2O2/c1-6-11-7-2-3-12(9(13)4-10)5-8(7)14-6/h2-5H2,1H3. The number of rotatable bonds is 1. The van der Waals surface area contributed by atoms with Gasteiger partial charge in [-0.25, -0.2) is 4.98 Å². The second kappa shape index (κ2) is 3.88. The maximum Gasteiger partial charge on any atom is 0.232 e. The van der Waals surface area contributed by atoms with Crippen LogP contribution in [0.5, 0.6) is 0 Å². The number of aryl methyl sites for hydroxylation is 1. The van der Waals surface area contributed by atoms with Crippen LogP contribution < -0.4 is 0 Å². The van der Waals surface area contributed by atoms with Gasteiger partial charge in [0.05, 0.1) is 16.7 Å². The SMILES string of the molecule is Cc1nc2c(o1)CN(C(=O)CI)CC2. The number of nitrogens with zero attached hydrogens (tertiary/aromatic N) is 2. The molecule has 0 atom stereocenters. The van der Waals surface area contributed by atoms with E-state index in [1.54, 1.807) is 0 Å². The summed E-state index contributed by atoms with van der Waals surface area (Å²) in [4.78, 5) is 17.5. The Morgan fingerprint density at radius 3 is 3.21 bits per heavy atom. The Balaban J connectivity index is 2.16. The lowest BCUT2D eigenvalue weighted by Gasteiger charge is -2.24. The molecule has 2 rings (SSSR count). The summed E-state index contributed by atoms with van der Waals surface area (Å²) in [6.07, 6.45) is 0.815. The van der Waals surface area contributed by atoms with Gasteiger partial charge in [-0.1, -0.05) is 22.6 Å². The van der Waals surface area contributed by atoms with E-state index in [9.17, 15) is 4.79 Å². The average Bonchev–Trinajstić information content (AvgIpc) is 2.55. The van der Waals surface area contributed by atoms with E-state index in [-0.39, 0.29) is 5.91 Å². The minimum Gasteiger partial charge on any atom is -0.444 e. The van der Waals surface area contributed by atoms with Crippen LogP contribution in [0.1, 0.15) is 17.3 Å². The number of hydrogen-bond donors (Lipinski definition) is 0. The topological polar surface area (TPSA) is 46.3 Å². The molecule has 14 heavy (non-hydrogen) atoms. The largest absolute Gasteiger partial charge is 0.444 e. The lowest BCUT2D eigenvalue weighted by atomic mass is 10.1. The van der Waals surface area contributed by atoms with Gasteiger partial charge in [0.25, 0.3) is 0 Å². The fourth-order valence-corrected chi connectivity index (χ4v) is 2.10. The first-order valence-corrected chi connectivity index (χ1v) is 6.02. The molecule has 0 radical (unpaired) electrons. The van der Waals surface area contributed by atoms with Crippen molar-refractivity contribution in [2.75, 3.05) is 11.0 Å². The molecule has 0 N–H and O–H groups in total. The normalized spacial score (nSPS) is 15.4. The lowest BCUT2D eigenvalue weighted by molar-refractivity contribution is -0.129. The van der Waals surface area contributed by atoms with E-state index in [1.807, 2.05) is 11.8 Å². The molecule has 5 heteroatoms. The highest BCUT2D eigenvalue weighted by molar-refractivity contribution is 14.1. The van der Waals surface area contributed by atoms with E-state index >= 15 is 0 Å². The summed E-state index contributed by atoms with van der Waals surface area (Å²) < 4.78 is 5.95. The van der Waals surface area contributed by atoms with Crippen LogP contribution in [0.25, 0.3) is 0 Å². The summed E-state index contributed by atoms with van der Waals surface area (Å²) in [6, 6.07) is 0. The predicted octanol–water partition coefficient (Wildman–Crippen LogP) is 1.30. The first kappa shape index (κ1) is 9.95. The van der Waals surface area contributed by atoms with Gasteiger partial charge >= 0.3 is 0 Å². The summed E-state index contributed by atoms with van der Waals surface area (Å²) >= 11 is 2.08. The van der Waals surface area contributed by atoms with Crippen LogP contribution in [-0.2, 0) is 17.8 Å². The highest BCUT2D eigenvalue weighted by Crippen LogP contribution is 2.19. The molecule has 0 unspecified atom stereocenters. The van der Waals surface area contributed by atoms with E-state index in [0.29, 0.717) is 16.9 Å². The number of alkyl halides is 1. The number of carbonyl (C=O) groups is 1. The van der Waals surface area contributed by atoms with Crippen LogP contribution in [0.15, 0.2) is 4.42 Å². The van der Waals surface area contributed by atoms with Crippen molar-refractivity contribution in [1.82, 2.24) is 9.88 Å². The zero-order chi connectivity index (χ0) is 10.1. The van der Waals surface area contributed by atoms with Crippen molar-refractivity contribution in [2.24, 2.45) is 0 Å². The fraction of sp³-hybridized carbons (Fsp3) is 0.556. The van der Waals surface area contributed by atoms with Crippen molar-refractivity contribution in [3.05, 3.63) is 17.3 Å². The molecule has 1 amide bonds. The Bertz CT molecular complexity index is 362. The average molecular weight is 306 g/mol. The number of halogens is 1. The molecule has 0 fully saturated rings. The Kier molecular flexibility index (Phi) is 2.76. The summed E-state index contributed by atoms with van der Waals surface area (Å²) in [5.41, 5.74) is 1.01. The first-order chi connectivity index (χ1) is 6.70. The molecule has 0 bridgehead atoms. The summed E-state index contributed by atoms with van der Waals surface area (Å²) in [7, 11) is 0. The Labute approximate surface area is 95.8 Å². The molecule has 0 saturated carbocycles. The summed E-state index contributed by atoms with van der Waals surface area (Å²) in [6.45, 7) is 3.18. The summed E-state index contributed by atoms with van der Waals surface area (Å²) in [5, 5.41) is 0. The van der Waals surface area contributed by atoms with Gasteiger partial charge in [0.1, 0.15) is 5.76 Å². The predicted molar refractivity (Wildman–Crippen MR) is 59.2 cm³/mol. The van der Waals surface area contributed by atoms with E-state index in [2.05, 4.69) is 27.6 Å².